The van der Waals surface area contributed by atoms with Crippen LogP contribution in [0.2, 0.25) is 14.4 Å². The van der Waals surface area contributed by atoms with Gasteiger partial charge in [-0.15, -0.1) is 0 Å². The van der Waals surface area contributed by atoms with E-state index in [0.717, 1.165) is 50.0 Å². The molecule has 20 heavy (non-hydrogen) atoms. The first-order chi connectivity index (χ1) is 9.69. The van der Waals surface area contributed by atoms with E-state index in [-0.39, 0.29) is 0 Å². The molecule has 3 aliphatic heterocycles. The zero-order chi connectivity index (χ0) is 13.9. The first-order valence-corrected chi connectivity index (χ1v) is 15.4. The van der Waals surface area contributed by atoms with Crippen LogP contribution >= 0.6 is 23.5 Å². The third kappa shape index (κ3) is 6.56. The second kappa shape index (κ2) is 8.57. The Hall–Kier alpha value is 2.52. The van der Waals surface area contributed by atoms with Crippen LogP contribution in [0.3, 0.4) is 0 Å². The van der Waals surface area contributed by atoms with E-state index in [0.29, 0.717) is 0 Å². The minimum atomic E-state index is 0.920. The van der Waals surface area contributed by atoms with Crippen LogP contribution in [0.15, 0.2) is 0 Å². The van der Waals surface area contributed by atoms with Crippen molar-refractivity contribution in [2.24, 2.45) is 5.92 Å². The molecule has 0 bridgehead atoms. The molecule has 0 amide bonds. The van der Waals surface area contributed by atoms with Gasteiger partial charge in [-0.1, -0.05) is 0 Å². The molecule has 3 fully saturated rings. The summed E-state index contributed by atoms with van der Waals surface area (Å²) in [7, 11) is 0. The Morgan fingerprint density at radius 3 is 1.85 bits per heavy atom. The minimum absolute atomic E-state index is 0.920. The molecule has 6 heteroatoms. The Morgan fingerprint density at radius 1 is 0.850 bits per heavy atom. The normalized spacial score (nSPS) is 35.6. The van der Waals surface area contributed by atoms with E-state index in [9.17, 15) is 0 Å². The fraction of sp³-hybridized carbons (Fsp3) is 0.857. The fourth-order valence-corrected chi connectivity index (χ4v) is 14.8. The van der Waals surface area contributed by atoms with Crippen molar-refractivity contribution in [1.82, 2.24) is 0 Å². The van der Waals surface area contributed by atoms with Gasteiger partial charge in [0.25, 0.3) is 0 Å². The maximum atomic E-state index is 3.38. The van der Waals surface area contributed by atoms with Gasteiger partial charge < -0.3 is 0 Å². The summed E-state index contributed by atoms with van der Waals surface area (Å²) in [4.78, 5) is 0. The molecule has 3 saturated heterocycles. The van der Waals surface area contributed by atoms with Gasteiger partial charge in [-0.2, -0.15) is 0 Å². The van der Waals surface area contributed by atoms with Gasteiger partial charge in [0.1, 0.15) is 0 Å². The van der Waals surface area contributed by atoms with Crippen LogP contribution in [0.5, 0.6) is 0 Å². The van der Waals surface area contributed by atoms with Gasteiger partial charge in [0, 0.05) is 0 Å². The zero-order valence-corrected chi connectivity index (χ0v) is 19.9. The molecule has 0 saturated carbocycles. The third-order valence-corrected chi connectivity index (χ3v) is 15.0. The Balaban J connectivity index is 1.31. The Labute approximate surface area is 159 Å². The van der Waals surface area contributed by atoms with Gasteiger partial charge in [-0.25, -0.2) is 0 Å². The molecule has 0 radical (unpaired) electrons. The van der Waals surface area contributed by atoms with Gasteiger partial charge in [0.15, 0.2) is 0 Å². The number of rotatable bonds is 8. The van der Waals surface area contributed by atoms with Crippen molar-refractivity contribution in [3.63, 3.8) is 0 Å². The summed E-state index contributed by atoms with van der Waals surface area (Å²) in [5, 5.41) is 5.06. The molecule has 3 heterocycles. The molecule has 0 nitrogen and oxygen atoms in total. The van der Waals surface area contributed by atoms with E-state index in [1.807, 2.05) is 0 Å². The van der Waals surface area contributed by atoms with Gasteiger partial charge >= 0.3 is 161 Å². The first-order valence-electron chi connectivity index (χ1n) is 7.19. The van der Waals surface area contributed by atoms with Crippen molar-refractivity contribution >= 4 is 93.4 Å². The Morgan fingerprint density at radius 2 is 1.35 bits per heavy atom. The summed E-state index contributed by atoms with van der Waals surface area (Å²) in [6.07, 6.45) is 5.57. The van der Waals surface area contributed by atoms with E-state index in [4.69, 9.17) is 0 Å². The van der Waals surface area contributed by atoms with Crippen LogP contribution in [0.4, 0.5) is 0 Å². The van der Waals surface area contributed by atoms with Crippen LogP contribution in [0.25, 0.3) is 0 Å². The summed E-state index contributed by atoms with van der Waals surface area (Å²) < 4.78 is 4.47. The molecule has 3 aliphatic rings. The molecular formula is C14H20S2Se4. The van der Waals surface area contributed by atoms with E-state index >= 15 is 0 Å². The van der Waals surface area contributed by atoms with Crippen LogP contribution in [0.1, 0.15) is 25.7 Å². The van der Waals surface area contributed by atoms with Crippen molar-refractivity contribution < 1.29 is 0 Å². The molecular weight excluding hydrogens is 548 g/mol. The fourth-order valence-electron chi connectivity index (χ4n) is 2.37. The molecule has 0 N–H and O–H groups in total. The standard InChI is InChI=1S/C14H20S2Se4/c17-12(2-10-5-15-10)1-9-7-19-14(20-8-9)4-13(18)3-11-6-16-11/h9-11,14H,1-8H2. The number of hydrogen-bond acceptors (Lipinski definition) is 2. The molecule has 2 atom stereocenters. The molecule has 2 unspecified atom stereocenters. The number of hydrogen-bond donors (Lipinski definition) is 0. The van der Waals surface area contributed by atoms with E-state index in [1.165, 1.54) is 37.2 Å². The molecule has 112 valence electrons. The average molecular weight is 568 g/mol. The zero-order valence-electron chi connectivity index (χ0n) is 11.4. The van der Waals surface area contributed by atoms with E-state index in [1.54, 1.807) is 19.5 Å². The molecule has 0 spiro atoms. The topological polar surface area (TPSA) is 0 Å². The van der Waals surface area contributed by atoms with Crippen LogP contribution in [-0.2, 0) is 0 Å². The molecule has 3 rings (SSSR count). The Kier molecular flexibility index (Phi) is 7.43. The molecule has 0 aliphatic carbocycles. The van der Waals surface area contributed by atoms with Gasteiger partial charge in [0.2, 0.25) is 0 Å². The third-order valence-electron chi connectivity index (χ3n) is 3.66. The van der Waals surface area contributed by atoms with Crippen molar-refractivity contribution in [2.45, 2.75) is 50.5 Å². The maximum absolute atomic E-state index is 3.38. The predicted octanol–water partition coefficient (Wildman–Crippen LogP) is 2.08. The molecule has 0 aromatic heterocycles. The van der Waals surface area contributed by atoms with Crippen molar-refractivity contribution in [3.05, 3.63) is 0 Å². The second-order valence-electron chi connectivity index (χ2n) is 5.77. The second-order valence-corrected chi connectivity index (χ2v) is 17.6. The summed E-state index contributed by atoms with van der Waals surface area (Å²) >= 11 is 12.9. The molecule has 0 aromatic carbocycles. The van der Waals surface area contributed by atoms with Gasteiger partial charge in [-0.05, 0) is 0 Å². The van der Waals surface area contributed by atoms with Crippen molar-refractivity contribution in [3.8, 4) is 0 Å². The summed E-state index contributed by atoms with van der Waals surface area (Å²) in [6, 6.07) is 0. The average Bonchev–Trinajstić information content (AvgIpc) is 3.28. The number of thioether (sulfide) groups is 2. The van der Waals surface area contributed by atoms with Crippen LogP contribution in [0, 0.1) is 5.92 Å². The van der Waals surface area contributed by atoms with Crippen molar-refractivity contribution in [1.29, 1.82) is 0 Å². The van der Waals surface area contributed by atoms with Crippen LogP contribution < -0.4 is 0 Å². The quantitative estimate of drug-likeness (QED) is 0.325. The van der Waals surface area contributed by atoms with Crippen molar-refractivity contribution in [2.75, 3.05) is 11.5 Å². The van der Waals surface area contributed by atoms with Gasteiger partial charge in [-0.3, -0.25) is 0 Å². The Bertz CT molecular complexity index is 335. The summed E-state index contributed by atoms with van der Waals surface area (Å²) in [5.74, 6) is 3.87. The predicted molar refractivity (Wildman–Crippen MR) is 101 cm³/mol. The van der Waals surface area contributed by atoms with Crippen LogP contribution in [-0.4, -0.2) is 91.9 Å². The molecule has 0 aromatic rings. The van der Waals surface area contributed by atoms with E-state index < -0.39 is 0 Å². The summed E-state index contributed by atoms with van der Waals surface area (Å²) in [5.41, 5.74) is 0. The summed E-state index contributed by atoms with van der Waals surface area (Å²) in [6.45, 7) is 0. The first kappa shape index (κ1) is 17.3. The van der Waals surface area contributed by atoms with E-state index in [2.05, 4.69) is 54.7 Å². The SMILES string of the molecule is [Se]=C(CC1C[Se]C(CC(=[Se])CC2CS2)[Se]C1)CC1CS1. The monoisotopic (exact) mass is 572 g/mol. The van der Waals surface area contributed by atoms with Gasteiger partial charge in [0.05, 0.1) is 0 Å².